The van der Waals surface area contributed by atoms with Gasteiger partial charge in [0.2, 0.25) is 5.95 Å². The largest absolute Gasteiger partial charge is 0.459 e. The Bertz CT molecular complexity index is 903. The number of para-hydroxylation sites is 1. The van der Waals surface area contributed by atoms with E-state index in [0.29, 0.717) is 37.9 Å². The number of aryl methyl sites for hydroxylation is 1. The van der Waals surface area contributed by atoms with Gasteiger partial charge in [-0.1, -0.05) is 18.2 Å². The van der Waals surface area contributed by atoms with Gasteiger partial charge in [0.05, 0.1) is 6.26 Å². The van der Waals surface area contributed by atoms with Gasteiger partial charge in [0.1, 0.15) is 5.82 Å². The van der Waals surface area contributed by atoms with Crippen molar-refractivity contribution < 1.29 is 9.21 Å². The highest BCUT2D eigenvalue weighted by Gasteiger charge is 2.25. The average molecular weight is 363 g/mol. The highest BCUT2D eigenvalue weighted by atomic mass is 16.3. The van der Waals surface area contributed by atoms with E-state index in [1.807, 2.05) is 43.3 Å². The SMILES string of the molecule is Cc1cc(Nc2ccccc2)nc(N2CCN(C(=O)c3ccco3)CC2)n1. The number of carbonyl (C=O) groups is 1. The minimum atomic E-state index is -0.0729. The van der Waals surface area contributed by atoms with Gasteiger partial charge in [-0.3, -0.25) is 4.79 Å². The van der Waals surface area contributed by atoms with E-state index in [2.05, 4.69) is 20.2 Å². The predicted octanol–water partition coefficient (Wildman–Crippen LogP) is 3.08. The van der Waals surface area contributed by atoms with Crippen LogP contribution in [0.25, 0.3) is 0 Å². The molecule has 0 radical (unpaired) electrons. The van der Waals surface area contributed by atoms with E-state index in [-0.39, 0.29) is 5.91 Å². The number of benzene rings is 1. The standard InChI is InChI=1S/C20H21N5O2/c1-15-14-18(22-16-6-3-2-4-7-16)23-20(21-15)25-11-9-24(10-12-25)19(26)17-8-5-13-27-17/h2-8,13-14H,9-12H2,1H3,(H,21,22,23). The quantitative estimate of drug-likeness (QED) is 0.768. The molecular formula is C20H21N5O2. The number of rotatable bonds is 4. The number of amides is 1. The third-order valence-electron chi connectivity index (χ3n) is 4.47. The number of hydrogen-bond acceptors (Lipinski definition) is 6. The van der Waals surface area contributed by atoms with E-state index in [1.165, 1.54) is 6.26 Å². The topological polar surface area (TPSA) is 74.5 Å². The van der Waals surface area contributed by atoms with Crippen molar-refractivity contribution in [3.05, 3.63) is 66.2 Å². The van der Waals surface area contributed by atoms with Crippen LogP contribution in [0.15, 0.2) is 59.2 Å². The Hall–Kier alpha value is -3.35. The fourth-order valence-electron chi connectivity index (χ4n) is 3.09. The first-order valence-corrected chi connectivity index (χ1v) is 8.94. The van der Waals surface area contributed by atoms with Crippen LogP contribution in [0.5, 0.6) is 0 Å². The summed E-state index contributed by atoms with van der Waals surface area (Å²) in [5.74, 6) is 1.75. The van der Waals surface area contributed by atoms with Crippen LogP contribution in [0, 0.1) is 6.92 Å². The summed E-state index contributed by atoms with van der Waals surface area (Å²) in [6, 6.07) is 15.3. The molecule has 1 amide bonds. The molecule has 3 aromatic rings. The van der Waals surface area contributed by atoms with Crippen LogP contribution >= 0.6 is 0 Å². The Morgan fingerprint density at radius 1 is 1.04 bits per heavy atom. The van der Waals surface area contributed by atoms with E-state index in [4.69, 9.17) is 4.42 Å². The van der Waals surface area contributed by atoms with Gasteiger partial charge in [0.25, 0.3) is 5.91 Å². The molecule has 0 aliphatic carbocycles. The first kappa shape index (κ1) is 17.1. The number of hydrogen-bond donors (Lipinski definition) is 1. The second-order valence-corrected chi connectivity index (χ2v) is 6.44. The summed E-state index contributed by atoms with van der Waals surface area (Å²) in [5.41, 5.74) is 1.88. The van der Waals surface area contributed by atoms with E-state index in [9.17, 15) is 4.79 Å². The van der Waals surface area contributed by atoms with Crippen molar-refractivity contribution >= 4 is 23.4 Å². The molecule has 3 heterocycles. The molecule has 1 aliphatic rings. The Labute approximate surface area is 157 Å². The van der Waals surface area contributed by atoms with Gasteiger partial charge < -0.3 is 19.5 Å². The second kappa shape index (κ2) is 7.49. The maximum atomic E-state index is 12.4. The van der Waals surface area contributed by atoms with Crippen LogP contribution in [0.4, 0.5) is 17.5 Å². The van der Waals surface area contributed by atoms with Gasteiger partial charge in [-0.25, -0.2) is 4.98 Å². The number of nitrogens with one attached hydrogen (secondary N) is 1. The summed E-state index contributed by atoms with van der Waals surface area (Å²) in [7, 11) is 0. The lowest BCUT2D eigenvalue weighted by molar-refractivity contribution is 0.0714. The van der Waals surface area contributed by atoms with E-state index < -0.39 is 0 Å². The lowest BCUT2D eigenvalue weighted by Gasteiger charge is -2.34. The van der Waals surface area contributed by atoms with Gasteiger partial charge in [-0.05, 0) is 31.2 Å². The van der Waals surface area contributed by atoms with Gasteiger partial charge in [-0.2, -0.15) is 4.98 Å². The summed E-state index contributed by atoms with van der Waals surface area (Å²) in [5, 5.41) is 3.32. The van der Waals surface area contributed by atoms with Crippen molar-refractivity contribution in [3.8, 4) is 0 Å². The second-order valence-electron chi connectivity index (χ2n) is 6.44. The summed E-state index contributed by atoms with van der Waals surface area (Å²) >= 11 is 0. The molecule has 7 nitrogen and oxygen atoms in total. The van der Waals surface area contributed by atoms with Gasteiger partial charge in [0.15, 0.2) is 5.76 Å². The van der Waals surface area contributed by atoms with Crippen molar-refractivity contribution in [2.24, 2.45) is 0 Å². The van der Waals surface area contributed by atoms with Crippen LogP contribution in [0.2, 0.25) is 0 Å². The molecule has 1 N–H and O–H groups in total. The fourth-order valence-corrected chi connectivity index (χ4v) is 3.09. The van der Waals surface area contributed by atoms with Crippen LogP contribution in [-0.2, 0) is 0 Å². The third-order valence-corrected chi connectivity index (χ3v) is 4.47. The maximum Gasteiger partial charge on any atom is 0.289 e. The van der Waals surface area contributed by atoms with Crippen LogP contribution in [0.1, 0.15) is 16.2 Å². The van der Waals surface area contributed by atoms with Crippen LogP contribution in [0.3, 0.4) is 0 Å². The molecule has 4 rings (SSSR count). The molecule has 0 saturated carbocycles. The van der Waals surface area contributed by atoms with Gasteiger partial charge in [-0.15, -0.1) is 0 Å². The lowest BCUT2D eigenvalue weighted by atomic mass is 10.3. The van der Waals surface area contributed by atoms with Crippen molar-refractivity contribution in [1.29, 1.82) is 0 Å². The number of piperazine rings is 1. The summed E-state index contributed by atoms with van der Waals surface area (Å²) in [4.78, 5) is 25.5. The van der Waals surface area contributed by atoms with Gasteiger partial charge >= 0.3 is 0 Å². The summed E-state index contributed by atoms with van der Waals surface area (Å²) in [6.45, 7) is 4.54. The molecule has 0 unspecified atom stereocenters. The first-order valence-electron chi connectivity index (χ1n) is 8.94. The molecule has 1 saturated heterocycles. The smallest absolute Gasteiger partial charge is 0.289 e. The molecule has 0 atom stereocenters. The zero-order valence-electron chi connectivity index (χ0n) is 15.1. The summed E-state index contributed by atoms with van der Waals surface area (Å²) < 4.78 is 5.21. The van der Waals surface area contributed by atoms with Crippen molar-refractivity contribution in [2.45, 2.75) is 6.92 Å². The highest BCUT2D eigenvalue weighted by molar-refractivity contribution is 5.91. The Morgan fingerprint density at radius 2 is 1.81 bits per heavy atom. The number of furan rings is 1. The zero-order valence-corrected chi connectivity index (χ0v) is 15.1. The summed E-state index contributed by atoms with van der Waals surface area (Å²) in [6.07, 6.45) is 1.52. The molecule has 0 spiro atoms. The Morgan fingerprint density at radius 3 is 2.52 bits per heavy atom. The minimum absolute atomic E-state index is 0.0729. The maximum absolute atomic E-state index is 12.4. The van der Waals surface area contributed by atoms with Crippen LogP contribution < -0.4 is 10.2 Å². The highest BCUT2D eigenvalue weighted by Crippen LogP contribution is 2.20. The predicted molar refractivity (Wildman–Crippen MR) is 103 cm³/mol. The Balaban J connectivity index is 1.44. The van der Waals surface area contributed by atoms with E-state index >= 15 is 0 Å². The lowest BCUT2D eigenvalue weighted by Crippen LogP contribution is -2.49. The average Bonchev–Trinajstić information content (AvgIpc) is 3.23. The fraction of sp³-hybridized carbons (Fsp3) is 0.250. The number of aromatic nitrogens is 2. The molecule has 1 aliphatic heterocycles. The molecule has 7 heteroatoms. The molecule has 27 heavy (non-hydrogen) atoms. The molecule has 0 bridgehead atoms. The Kier molecular flexibility index (Phi) is 4.74. The number of carbonyl (C=O) groups excluding carboxylic acids is 1. The number of anilines is 3. The first-order chi connectivity index (χ1) is 13.2. The number of nitrogens with zero attached hydrogens (tertiary/aromatic N) is 4. The molecule has 2 aromatic heterocycles. The van der Waals surface area contributed by atoms with Gasteiger partial charge in [0, 0.05) is 43.6 Å². The normalized spacial score (nSPS) is 14.3. The van der Waals surface area contributed by atoms with E-state index in [0.717, 1.165) is 17.2 Å². The molecule has 1 aromatic carbocycles. The molecule has 138 valence electrons. The zero-order chi connectivity index (χ0) is 18.6. The molecular weight excluding hydrogens is 342 g/mol. The minimum Gasteiger partial charge on any atom is -0.459 e. The van der Waals surface area contributed by atoms with Crippen LogP contribution in [-0.4, -0.2) is 47.0 Å². The van der Waals surface area contributed by atoms with Crippen molar-refractivity contribution in [1.82, 2.24) is 14.9 Å². The van der Waals surface area contributed by atoms with Crippen molar-refractivity contribution in [3.63, 3.8) is 0 Å². The van der Waals surface area contributed by atoms with E-state index in [1.54, 1.807) is 17.0 Å². The third kappa shape index (κ3) is 3.92. The van der Waals surface area contributed by atoms with Crippen molar-refractivity contribution in [2.75, 3.05) is 36.4 Å². The monoisotopic (exact) mass is 363 g/mol. The molecule has 1 fully saturated rings.